The Morgan fingerprint density at radius 1 is 0.750 bits per heavy atom. The van der Waals surface area contributed by atoms with Gasteiger partial charge in [-0.25, -0.2) is 4.90 Å². The summed E-state index contributed by atoms with van der Waals surface area (Å²) in [5, 5.41) is 0. The summed E-state index contributed by atoms with van der Waals surface area (Å²) in [6.45, 7) is -5.82. The lowest BCUT2D eigenvalue weighted by molar-refractivity contribution is -0.163. The van der Waals surface area contributed by atoms with E-state index in [2.05, 4.69) is 9.47 Å². The van der Waals surface area contributed by atoms with Crippen molar-refractivity contribution >= 4 is 5.97 Å². The highest BCUT2D eigenvalue weighted by Gasteiger charge is 2.54. The van der Waals surface area contributed by atoms with E-state index in [0.29, 0.717) is 11.1 Å². The topological polar surface area (TPSA) is 57.2 Å². The van der Waals surface area contributed by atoms with Gasteiger partial charge in [-0.15, -0.1) is 0 Å². The van der Waals surface area contributed by atoms with Crippen LogP contribution in [0.4, 0.5) is 17.6 Å². The van der Waals surface area contributed by atoms with Gasteiger partial charge in [0, 0.05) is 0 Å². The van der Waals surface area contributed by atoms with Gasteiger partial charge < -0.3 is 18.9 Å². The van der Waals surface area contributed by atoms with Crippen LogP contribution in [0.15, 0.2) is 78.9 Å². The van der Waals surface area contributed by atoms with Crippen molar-refractivity contribution in [1.29, 1.82) is 0 Å². The number of rotatable bonds is 7. The maximum atomic E-state index is 13.0. The third kappa shape index (κ3) is 4.87. The molecule has 2 saturated heterocycles. The summed E-state index contributed by atoms with van der Waals surface area (Å²) in [5.41, 5.74) is 2.09. The molecule has 0 radical (unpaired) electrons. The predicted molar refractivity (Wildman–Crippen MR) is 118 cm³/mol. The molecule has 0 N–H and O–H groups in total. The Labute approximate surface area is 203 Å². The van der Waals surface area contributed by atoms with Crippen molar-refractivity contribution in [3.8, 4) is 11.5 Å². The van der Waals surface area contributed by atoms with Gasteiger partial charge in [-0.2, -0.15) is 17.6 Å². The number of alkyl halides is 4. The first kappa shape index (κ1) is 24.1. The number of nitrogens with zero attached hydrogens (tertiary/aromatic N) is 1. The molecule has 3 aromatic rings. The average Bonchev–Trinajstić information content (AvgIpc) is 3.27. The molecular formula is C26H21F4NO5. The number of carbonyl (C=O) groups is 1. The quantitative estimate of drug-likeness (QED) is 0.308. The molecule has 0 aromatic heterocycles. The summed E-state index contributed by atoms with van der Waals surface area (Å²) < 4.78 is 71.2. The Balaban J connectivity index is 1.52. The van der Waals surface area contributed by atoms with E-state index < -0.39 is 37.6 Å². The van der Waals surface area contributed by atoms with Crippen molar-refractivity contribution in [3.63, 3.8) is 0 Å². The predicted octanol–water partition coefficient (Wildman–Crippen LogP) is 5.63. The summed E-state index contributed by atoms with van der Waals surface area (Å²) in [6, 6.07) is 20.2. The van der Waals surface area contributed by atoms with Crippen LogP contribution >= 0.6 is 0 Å². The van der Waals surface area contributed by atoms with E-state index in [1.165, 1.54) is 24.3 Å². The average molecular weight is 503 g/mol. The fourth-order valence-corrected chi connectivity index (χ4v) is 4.63. The molecule has 0 amide bonds. The largest absolute Gasteiger partial charge is 0.462 e. The summed E-state index contributed by atoms with van der Waals surface area (Å²) in [7, 11) is 0. The maximum absolute atomic E-state index is 13.0. The number of morpholine rings is 1. The molecule has 2 aliphatic rings. The Bertz CT molecular complexity index is 1180. The van der Waals surface area contributed by atoms with Crippen LogP contribution in [0.3, 0.4) is 0 Å². The summed E-state index contributed by atoms with van der Waals surface area (Å²) in [4.78, 5) is 14.9. The van der Waals surface area contributed by atoms with Gasteiger partial charge in [-0.05, 0) is 41.0 Å². The molecule has 10 heteroatoms. The zero-order valence-corrected chi connectivity index (χ0v) is 18.7. The fraction of sp³-hybridized carbons (Fsp3) is 0.269. The van der Waals surface area contributed by atoms with Crippen LogP contribution in [0.2, 0.25) is 0 Å². The van der Waals surface area contributed by atoms with E-state index >= 15 is 0 Å². The third-order valence-electron chi connectivity index (χ3n) is 6.15. The molecule has 1 unspecified atom stereocenters. The van der Waals surface area contributed by atoms with Crippen LogP contribution in [0.1, 0.15) is 35.1 Å². The molecule has 36 heavy (non-hydrogen) atoms. The first-order chi connectivity index (χ1) is 17.4. The highest BCUT2D eigenvalue weighted by atomic mass is 19.3. The fourth-order valence-electron chi connectivity index (χ4n) is 4.63. The van der Waals surface area contributed by atoms with E-state index in [1.807, 2.05) is 35.2 Å². The van der Waals surface area contributed by atoms with E-state index in [4.69, 9.17) is 9.47 Å². The maximum Gasteiger partial charge on any atom is 0.387 e. The van der Waals surface area contributed by atoms with Gasteiger partial charge in [0.25, 0.3) is 0 Å². The lowest BCUT2D eigenvalue weighted by Crippen LogP contribution is -2.49. The van der Waals surface area contributed by atoms with Gasteiger partial charge in [-0.1, -0.05) is 54.6 Å². The smallest absolute Gasteiger partial charge is 0.387 e. The monoisotopic (exact) mass is 503 g/mol. The Hall–Kier alpha value is -3.63. The number of fused-ring (bicyclic) bond motifs is 1. The number of esters is 1. The zero-order chi connectivity index (χ0) is 25.2. The van der Waals surface area contributed by atoms with Crippen molar-refractivity contribution in [2.24, 2.45) is 0 Å². The van der Waals surface area contributed by atoms with Gasteiger partial charge in [0.15, 0.2) is 0 Å². The van der Waals surface area contributed by atoms with E-state index in [-0.39, 0.29) is 24.1 Å². The third-order valence-corrected chi connectivity index (χ3v) is 6.15. The van der Waals surface area contributed by atoms with E-state index in [9.17, 15) is 22.4 Å². The second kappa shape index (κ2) is 10.2. The number of hydrogen-bond donors (Lipinski definition) is 0. The first-order valence-corrected chi connectivity index (χ1v) is 11.1. The van der Waals surface area contributed by atoms with Crippen molar-refractivity contribution in [1.82, 2.24) is 4.90 Å². The minimum Gasteiger partial charge on any atom is -0.462 e. The number of hydrogen-bond acceptors (Lipinski definition) is 6. The number of cyclic esters (lactones) is 1. The number of ether oxygens (including phenoxy) is 4. The molecule has 2 aliphatic heterocycles. The first-order valence-electron chi connectivity index (χ1n) is 11.1. The summed E-state index contributed by atoms with van der Waals surface area (Å²) >= 11 is 0. The molecule has 2 fully saturated rings. The SMILES string of the molecule is O=C1OC[C@H](c2ccccc2)N2C1[C@@H](c1ccc(OC(F)F)cc1)O[C@H]2c1ccc(OC(F)F)cc1. The normalized spacial score (nSPS) is 24.0. The molecule has 3 aromatic carbocycles. The van der Waals surface area contributed by atoms with Crippen LogP contribution in [0.25, 0.3) is 0 Å². The standard InChI is InChI=1S/C26H21F4NO5/c27-25(28)34-18-10-6-16(7-11-18)22-21-24(32)33-14-20(15-4-2-1-3-5-15)31(21)23(36-22)17-8-12-19(13-9-17)35-26(29)30/h1-13,20-23,25-26H,14H2/t20-,21?,22-,23+/m1/s1. The zero-order valence-electron chi connectivity index (χ0n) is 18.7. The second-order valence-corrected chi connectivity index (χ2v) is 8.25. The summed E-state index contributed by atoms with van der Waals surface area (Å²) in [5.74, 6) is -0.518. The number of halogens is 4. The molecule has 5 rings (SSSR count). The van der Waals surface area contributed by atoms with Gasteiger partial charge in [-0.3, -0.25) is 4.79 Å². The van der Waals surface area contributed by atoms with Crippen molar-refractivity contribution < 1.29 is 41.3 Å². The van der Waals surface area contributed by atoms with Crippen LogP contribution in [-0.4, -0.2) is 36.7 Å². The minimum atomic E-state index is -2.96. The van der Waals surface area contributed by atoms with Crippen LogP contribution in [-0.2, 0) is 14.3 Å². The second-order valence-electron chi connectivity index (χ2n) is 8.25. The molecule has 4 atom stereocenters. The highest BCUT2D eigenvalue weighted by Crippen LogP contribution is 2.49. The van der Waals surface area contributed by atoms with Crippen molar-refractivity contribution in [2.45, 2.75) is 37.6 Å². The van der Waals surface area contributed by atoms with Crippen molar-refractivity contribution in [2.75, 3.05) is 6.61 Å². The molecule has 2 heterocycles. The number of carbonyl (C=O) groups excluding carboxylic acids is 1. The number of benzene rings is 3. The lowest BCUT2D eigenvalue weighted by Gasteiger charge is -2.39. The van der Waals surface area contributed by atoms with Crippen LogP contribution in [0, 0.1) is 0 Å². The lowest BCUT2D eigenvalue weighted by atomic mass is 9.96. The van der Waals surface area contributed by atoms with Gasteiger partial charge in [0.05, 0.1) is 6.04 Å². The Kier molecular flexibility index (Phi) is 6.80. The van der Waals surface area contributed by atoms with Gasteiger partial charge in [0.1, 0.15) is 36.5 Å². The molecule has 0 spiro atoms. The van der Waals surface area contributed by atoms with Gasteiger partial charge in [0.2, 0.25) is 0 Å². The molecule has 0 aliphatic carbocycles. The van der Waals surface area contributed by atoms with Gasteiger partial charge >= 0.3 is 19.2 Å². The molecule has 188 valence electrons. The van der Waals surface area contributed by atoms with Crippen LogP contribution in [0.5, 0.6) is 11.5 Å². The summed E-state index contributed by atoms with van der Waals surface area (Å²) in [6.07, 6.45) is -1.51. The van der Waals surface area contributed by atoms with Crippen LogP contribution < -0.4 is 9.47 Å². The molecule has 0 saturated carbocycles. The molecule has 0 bridgehead atoms. The Morgan fingerprint density at radius 2 is 1.31 bits per heavy atom. The molecular weight excluding hydrogens is 482 g/mol. The Morgan fingerprint density at radius 3 is 1.86 bits per heavy atom. The van der Waals surface area contributed by atoms with Crippen molar-refractivity contribution in [3.05, 3.63) is 95.6 Å². The van der Waals surface area contributed by atoms with E-state index in [0.717, 1.165) is 5.56 Å². The molecule has 6 nitrogen and oxygen atoms in total. The highest BCUT2D eigenvalue weighted by molar-refractivity contribution is 5.78. The minimum absolute atomic E-state index is 0.00729. The van der Waals surface area contributed by atoms with E-state index in [1.54, 1.807) is 24.3 Å².